The van der Waals surface area contributed by atoms with E-state index in [1.807, 2.05) is 0 Å². The molecule has 1 fully saturated rings. The van der Waals surface area contributed by atoms with E-state index in [-0.39, 0.29) is 31.0 Å². The van der Waals surface area contributed by atoms with Crippen LogP contribution in [-0.2, 0) is 9.84 Å². The first-order valence-electron chi connectivity index (χ1n) is 4.99. The van der Waals surface area contributed by atoms with Crippen LogP contribution >= 0.6 is 0 Å². The van der Waals surface area contributed by atoms with E-state index in [0.717, 1.165) is 4.90 Å². The molecule has 1 rings (SSSR count). The van der Waals surface area contributed by atoms with Crippen LogP contribution in [0.1, 0.15) is 6.42 Å². The number of amides is 2. The van der Waals surface area contributed by atoms with Crippen LogP contribution in [0.2, 0.25) is 0 Å². The average Bonchev–Trinajstić information content (AvgIpc) is 2.35. The molecule has 0 aromatic carbocycles. The van der Waals surface area contributed by atoms with E-state index in [0.29, 0.717) is 0 Å². The van der Waals surface area contributed by atoms with Gasteiger partial charge in [0.1, 0.15) is 6.54 Å². The predicted molar refractivity (Wildman–Crippen MR) is 54.3 cm³/mol. The van der Waals surface area contributed by atoms with E-state index < -0.39 is 28.6 Å². The molecule has 0 unspecified atom stereocenters. The minimum atomic E-state index is -4.46. The number of halogens is 3. The van der Waals surface area contributed by atoms with Crippen molar-refractivity contribution in [3.63, 3.8) is 0 Å². The van der Waals surface area contributed by atoms with Crippen molar-refractivity contribution in [2.45, 2.75) is 12.6 Å². The van der Waals surface area contributed by atoms with Crippen LogP contribution in [0.4, 0.5) is 18.0 Å². The van der Waals surface area contributed by atoms with Crippen molar-refractivity contribution in [2.24, 2.45) is 0 Å². The number of nitrogens with zero attached hydrogens (tertiary/aromatic N) is 1. The number of rotatable bonds is 1. The highest BCUT2D eigenvalue weighted by atomic mass is 32.2. The van der Waals surface area contributed by atoms with Crippen molar-refractivity contribution < 1.29 is 26.4 Å². The summed E-state index contributed by atoms with van der Waals surface area (Å²) < 4.78 is 58.0. The maximum Gasteiger partial charge on any atom is 0.405 e. The topological polar surface area (TPSA) is 66.5 Å². The lowest BCUT2D eigenvalue weighted by atomic mass is 10.4. The molecule has 0 spiro atoms. The van der Waals surface area contributed by atoms with Gasteiger partial charge in [-0.3, -0.25) is 0 Å². The van der Waals surface area contributed by atoms with Crippen LogP contribution in [0.3, 0.4) is 0 Å². The van der Waals surface area contributed by atoms with E-state index in [4.69, 9.17) is 0 Å². The highest BCUT2D eigenvalue weighted by molar-refractivity contribution is 7.91. The molecular formula is C8H13F3N2O3S. The molecule has 0 aromatic rings. The van der Waals surface area contributed by atoms with E-state index in [9.17, 15) is 26.4 Å². The zero-order chi connectivity index (χ0) is 13.1. The molecule has 0 aliphatic carbocycles. The second-order valence-electron chi connectivity index (χ2n) is 3.77. The molecule has 1 aliphatic rings. The Bertz CT molecular complexity index is 380. The lowest BCUT2D eigenvalue weighted by Gasteiger charge is -2.20. The van der Waals surface area contributed by atoms with Gasteiger partial charge in [-0.15, -0.1) is 0 Å². The number of hydrogen-bond donors (Lipinski definition) is 1. The first-order chi connectivity index (χ1) is 7.70. The second-order valence-corrected chi connectivity index (χ2v) is 6.07. The first-order valence-corrected chi connectivity index (χ1v) is 6.82. The van der Waals surface area contributed by atoms with Crippen molar-refractivity contribution in [2.75, 3.05) is 31.1 Å². The van der Waals surface area contributed by atoms with E-state index >= 15 is 0 Å². The van der Waals surface area contributed by atoms with Gasteiger partial charge < -0.3 is 10.2 Å². The Balaban J connectivity index is 2.48. The molecule has 0 saturated carbocycles. The van der Waals surface area contributed by atoms with E-state index in [1.54, 1.807) is 5.32 Å². The molecule has 2 amide bonds. The second kappa shape index (κ2) is 5.11. The molecule has 1 N–H and O–H groups in total. The lowest BCUT2D eigenvalue weighted by molar-refractivity contribution is -0.123. The summed E-state index contributed by atoms with van der Waals surface area (Å²) in [5.41, 5.74) is 0. The molecule has 1 aliphatic heterocycles. The Labute approximate surface area is 96.9 Å². The molecule has 1 heterocycles. The number of alkyl halides is 3. The van der Waals surface area contributed by atoms with Crippen LogP contribution in [0.5, 0.6) is 0 Å². The minimum Gasteiger partial charge on any atom is -0.329 e. The summed E-state index contributed by atoms with van der Waals surface area (Å²) in [6.07, 6.45) is -4.21. The standard InChI is InChI=1S/C8H13F3N2O3S/c9-8(10,11)6-12-7(14)13-2-1-4-17(15,16)5-3-13/h1-6H2,(H,12,14). The fraction of sp³-hybridized carbons (Fsp3) is 0.875. The predicted octanol–water partition coefficient (Wildman–Crippen LogP) is 0.379. The molecule has 100 valence electrons. The normalized spacial score (nSPS) is 20.8. The van der Waals surface area contributed by atoms with Gasteiger partial charge in [0, 0.05) is 13.1 Å². The van der Waals surface area contributed by atoms with E-state index in [2.05, 4.69) is 0 Å². The third kappa shape index (κ3) is 5.24. The van der Waals surface area contributed by atoms with Gasteiger partial charge in [0.25, 0.3) is 0 Å². The first kappa shape index (κ1) is 14.1. The van der Waals surface area contributed by atoms with Gasteiger partial charge in [0.2, 0.25) is 0 Å². The molecule has 0 atom stereocenters. The summed E-state index contributed by atoms with van der Waals surface area (Å²) in [6, 6.07) is -0.876. The molecule has 0 bridgehead atoms. The summed E-state index contributed by atoms with van der Waals surface area (Å²) in [5, 5.41) is 1.71. The maximum atomic E-state index is 11.9. The fourth-order valence-electron chi connectivity index (χ4n) is 1.43. The van der Waals surface area contributed by atoms with E-state index in [1.165, 1.54) is 0 Å². The third-order valence-corrected chi connectivity index (χ3v) is 4.00. The number of carbonyl (C=O) groups excluding carboxylic acids is 1. The number of urea groups is 1. The number of hydrogen-bond acceptors (Lipinski definition) is 3. The minimum absolute atomic E-state index is 0.0317. The number of nitrogens with one attached hydrogen (secondary N) is 1. The van der Waals surface area contributed by atoms with Crippen LogP contribution < -0.4 is 5.32 Å². The summed E-state index contributed by atoms with van der Waals surface area (Å²) >= 11 is 0. The zero-order valence-electron chi connectivity index (χ0n) is 8.96. The van der Waals surface area contributed by atoms with Crippen molar-refractivity contribution in [3.05, 3.63) is 0 Å². The van der Waals surface area contributed by atoms with Gasteiger partial charge in [-0.05, 0) is 6.42 Å². The molecule has 0 aromatic heterocycles. The highest BCUT2D eigenvalue weighted by Gasteiger charge is 2.29. The molecule has 9 heteroatoms. The van der Waals surface area contributed by atoms with Crippen molar-refractivity contribution in [1.29, 1.82) is 0 Å². The lowest BCUT2D eigenvalue weighted by Crippen LogP contribution is -2.44. The van der Waals surface area contributed by atoms with Gasteiger partial charge in [0.15, 0.2) is 9.84 Å². The maximum absolute atomic E-state index is 11.9. The summed E-state index contributed by atoms with van der Waals surface area (Å²) in [6.45, 7) is -1.32. The zero-order valence-corrected chi connectivity index (χ0v) is 9.77. The number of carbonyl (C=O) groups is 1. The van der Waals surface area contributed by atoms with Gasteiger partial charge in [-0.2, -0.15) is 13.2 Å². The SMILES string of the molecule is O=C(NCC(F)(F)F)N1CCCS(=O)(=O)CC1. The molecule has 5 nitrogen and oxygen atoms in total. The molecule has 1 saturated heterocycles. The Kier molecular flexibility index (Phi) is 4.23. The quantitative estimate of drug-likeness (QED) is 0.751. The Morgan fingerprint density at radius 1 is 1.24 bits per heavy atom. The highest BCUT2D eigenvalue weighted by Crippen LogP contribution is 2.12. The molecule has 17 heavy (non-hydrogen) atoms. The van der Waals surface area contributed by atoms with Crippen LogP contribution in [-0.4, -0.2) is 56.7 Å². The van der Waals surface area contributed by atoms with Gasteiger partial charge in [-0.25, -0.2) is 13.2 Å². The summed E-state index contributed by atoms with van der Waals surface area (Å²) in [7, 11) is -3.17. The third-order valence-electron chi connectivity index (χ3n) is 2.28. The van der Waals surface area contributed by atoms with Crippen LogP contribution in [0, 0.1) is 0 Å². The summed E-state index contributed by atoms with van der Waals surface area (Å²) in [4.78, 5) is 12.4. The van der Waals surface area contributed by atoms with Gasteiger partial charge >= 0.3 is 12.2 Å². The summed E-state index contributed by atoms with van der Waals surface area (Å²) in [5.74, 6) is -0.234. The Morgan fingerprint density at radius 2 is 1.88 bits per heavy atom. The van der Waals surface area contributed by atoms with Gasteiger partial charge in [-0.1, -0.05) is 0 Å². The largest absolute Gasteiger partial charge is 0.405 e. The average molecular weight is 274 g/mol. The Hall–Kier alpha value is -0.990. The fourth-order valence-corrected chi connectivity index (χ4v) is 2.70. The van der Waals surface area contributed by atoms with Crippen molar-refractivity contribution in [3.8, 4) is 0 Å². The van der Waals surface area contributed by atoms with Crippen LogP contribution in [0.15, 0.2) is 0 Å². The number of sulfone groups is 1. The van der Waals surface area contributed by atoms with Crippen molar-refractivity contribution >= 4 is 15.9 Å². The monoisotopic (exact) mass is 274 g/mol. The smallest absolute Gasteiger partial charge is 0.329 e. The van der Waals surface area contributed by atoms with Crippen LogP contribution in [0.25, 0.3) is 0 Å². The molecule has 0 radical (unpaired) electrons. The Morgan fingerprint density at radius 3 is 2.47 bits per heavy atom. The van der Waals surface area contributed by atoms with Gasteiger partial charge in [0.05, 0.1) is 11.5 Å². The van der Waals surface area contributed by atoms with Crippen molar-refractivity contribution in [1.82, 2.24) is 10.2 Å². The molecular weight excluding hydrogens is 261 g/mol.